The predicted octanol–water partition coefficient (Wildman–Crippen LogP) is 21.1. The number of benzene rings is 1. The molecule has 0 saturated carbocycles. The molecule has 0 bridgehead atoms. The summed E-state index contributed by atoms with van der Waals surface area (Å²) in [5, 5.41) is 3.17. The predicted molar refractivity (Wildman–Crippen MR) is 297 cm³/mol. The van der Waals surface area contributed by atoms with Crippen LogP contribution in [0.1, 0.15) is 189 Å². The number of hydrogen-bond acceptors (Lipinski definition) is 8. The van der Waals surface area contributed by atoms with Crippen LogP contribution in [0.5, 0.6) is 0 Å². The van der Waals surface area contributed by atoms with Crippen LogP contribution in [0.3, 0.4) is 0 Å². The molecule has 0 saturated heterocycles. The molecule has 1 aromatic carbocycles. The van der Waals surface area contributed by atoms with Gasteiger partial charge in [-0.25, -0.2) is 9.18 Å². The molecule has 2 nitrogen and oxygen atoms in total. The normalized spacial score (nSPS) is 14.0. The van der Waals surface area contributed by atoms with Crippen LogP contribution in [0.4, 0.5) is 4.39 Å². The van der Waals surface area contributed by atoms with Gasteiger partial charge in [-0.15, -0.1) is 68.0 Å². The summed E-state index contributed by atoms with van der Waals surface area (Å²) in [6.45, 7) is 27.6. The Kier molecular flexibility index (Phi) is 17.3. The maximum absolute atomic E-state index is 17.3. The van der Waals surface area contributed by atoms with Crippen LogP contribution in [0.2, 0.25) is 0 Å². The first kappa shape index (κ1) is 51.5. The Morgan fingerprint density at radius 2 is 1.11 bits per heavy atom. The van der Waals surface area contributed by atoms with Crippen molar-refractivity contribution in [2.45, 2.75) is 184 Å². The molecule has 358 valence electrons. The molecule has 0 N–H and O–H groups in total. The van der Waals surface area contributed by atoms with Gasteiger partial charge in [0.15, 0.2) is 5.82 Å². The van der Waals surface area contributed by atoms with Gasteiger partial charge in [-0.05, 0) is 84.2 Å². The van der Waals surface area contributed by atoms with Crippen molar-refractivity contribution in [2.75, 3.05) is 6.61 Å². The highest BCUT2D eigenvalue weighted by Gasteiger charge is 2.33. The Morgan fingerprint density at radius 1 is 0.591 bits per heavy atom. The number of unbranched alkanes of at least 4 members (excludes halogenated alkanes) is 3. The first-order chi connectivity index (χ1) is 31.5. The van der Waals surface area contributed by atoms with E-state index in [4.69, 9.17) is 4.74 Å². The lowest BCUT2D eigenvalue weighted by Crippen LogP contribution is -2.14. The van der Waals surface area contributed by atoms with Gasteiger partial charge in [0.1, 0.15) is 4.88 Å². The largest absolute Gasteiger partial charge is 0.461 e. The van der Waals surface area contributed by atoms with Gasteiger partial charge in [-0.3, -0.25) is 0 Å². The number of esters is 1. The molecule has 9 heteroatoms. The third-order valence-electron chi connectivity index (χ3n) is 13.6. The minimum atomic E-state index is -0.530. The number of carbonyl (C=O) groups excluding carboxylic acids is 1. The number of fused-ring (bicyclic) bond motifs is 3. The third kappa shape index (κ3) is 11.1. The van der Waals surface area contributed by atoms with Crippen molar-refractivity contribution in [1.82, 2.24) is 0 Å². The van der Waals surface area contributed by atoms with Crippen molar-refractivity contribution >= 4 is 104 Å². The maximum atomic E-state index is 17.3. The molecule has 7 aromatic rings. The average Bonchev–Trinajstić information content (AvgIpc) is 4.15. The molecule has 0 spiro atoms. The first-order valence-corrected chi connectivity index (χ1v) is 30.1. The van der Waals surface area contributed by atoms with E-state index >= 15 is 4.39 Å². The molecule has 6 heterocycles. The molecule has 0 radical (unpaired) electrons. The van der Waals surface area contributed by atoms with E-state index in [2.05, 4.69) is 119 Å². The summed E-state index contributed by atoms with van der Waals surface area (Å²) in [5.41, 5.74) is 2.39. The molecule has 0 amide bonds. The zero-order valence-electron chi connectivity index (χ0n) is 41.9. The standard InChI is InChI=1S/C57H75FO2S6/c1-13-19-22-34(16-4)29-37-25-27-41(61-37)45-39-31-43(51-47-48(58)53(65-52(47)54(66-51)57(10,11)12)55(59)60-33-36(18-6)24-21-15-3)63-49(39)46(40-32-44(56(7,8)9)64-50(40)45)42-28-26-38(62-42)30-35(17-5)23-20-14-2/h25-28,31-32,34-36H,13-24,29-30,33H2,1-12H3. The molecule has 66 heavy (non-hydrogen) atoms. The van der Waals surface area contributed by atoms with Gasteiger partial charge < -0.3 is 4.74 Å². The van der Waals surface area contributed by atoms with Crippen LogP contribution in [0.15, 0.2) is 36.4 Å². The van der Waals surface area contributed by atoms with Crippen molar-refractivity contribution in [2.24, 2.45) is 17.8 Å². The fourth-order valence-corrected chi connectivity index (χ4v) is 17.3. The fourth-order valence-electron chi connectivity index (χ4n) is 9.37. The zero-order chi connectivity index (χ0) is 47.5. The Balaban J connectivity index is 1.46. The van der Waals surface area contributed by atoms with E-state index in [-0.39, 0.29) is 21.6 Å². The highest BCUT2D eigenvalue weighted by molar-refractivity contribution is 7.31. The van der Waals surface area contributed by atoms with Crippen molar-refractivity contribution in [3.8, 4) is 30.6 Å². The Morgan fingerprint density at radius 3 is 1.61 bits per heavy atom. The van der Waals surface area contributed by atoms with Crippen LogP contribution >= 0.6 is 68.0 Å². The van der Waals surface area contributed by atoms with Gasteiger partial charge in [0.25, 0.3) is 0 Å². The number of hydrogen-bond donors (Lipinski definition) is 0. The van der Waals surface area contributed by atoms with Crippen molar-refractivity contribution in [3.63, 3.8) is 0 Å². The summed E-state index contributed by atoms with van der Waals surface area (Å²) < 4.78 is 26.7. The highest BCUT2D eigenvalue weighted by Crippen LogP contribution is 2.57. The summed E-state index contributed by atoms with van der Waals surface area (Å²) >= 11 is 10.7. The molecular formula is C57H75FO2S6. The Hall–Kier alpha value is -2.40. The Labute approximate surface area is 420 Å². The molecule has 0 aliphatic rings. The third-order valence-corrected chi connectivity index (χ3v) is 21.7. The van der Waals surface area contributed by atoms with E-state index in [1.165, 1.54) is 118 Å². The summed E-state index contributed by atoms with van der Waals surface area (Å²) in [5.74, 6) is 0.718. The maximum Gasteiger partial charge on any atom is 0.351 e. The van der Waals surface area contributed by atoms with E-state index in [1.807, 2.05) is 45.3 Å². The highest BCUT2D eigenvalue weighted by atomic mass is 32.1. The lowest BCUT2D eigenvalue weighted by molar-refractivity contribution is 0.0429. The summed E-state index contributed by atoms with van der Waals surface area (Å²) in [6, 6.07) is 14.5. The molecule has 0 aliphatic carbocycles. The summed E-state index contributed by atoms with van der Waals surface area (Å²) in [7, 11) is 0. The van der Waals surface area contributed by atoms with Gasteiger partial charge in [-0.2, -0.15) is 0 Å². The van der Waals surface area contributed by atoms with Crippen LogP contribution in [0, 0.1) is 23.6 Å². The smallest absolute Gasteiger partial charge is 0.351 e. The SMILES string of the molecule is CCCCC(CC)COC(=O)c1sc2c(C(C)(C)C)sc(-c3cc4c(-c5ccc(CC(CC)CCCC)s5)c5sc(C(C)(C)C)cc5c(-c5ccc(CC(CC)CCCC)s5)c4s3)c2c1F. The summed E-state index contributed by atoms with van der Waals surface area (Å²) in [4.78, 5) is 24.0. The fraction of sp³-hybridized carbons (Fsp3) is 0.561. The first-order valence-electron chi connectivity index (χ1n) is 25.2. The van der Waals surface area contributed by atoms with E-state index in [0.717, 1.165) is 57.9 Å². The molecule has 3 atom stereocenters. The van der Waals surface area contributed by atoms with E-state index < -0.39 is 11.8 Å². The summed E-state index contributed by atoms with van der Waals surface area (Å²) in [6.07, 6.45) is 16.4. The second kappa shape index (κ2) is 22.1. The van der Waals surface area contributed by atoms with Gasteiger partial charge >= 0.3 is 5.97 Å². The molecule has 0 fully saturated rings. The van der Waals surface area contributed by atoms with E-state index in [0.29, 0.717) is 23.8 Å². The van der Waals surface area contributed by atoms with Crippen LogP contribution in [0.25, 0.3) is 60.9 Å². The number of halogens is 1. The molecular weight excluding hydrogens is 928 g/mol. The van der Waals surface area contributed by atoms with Crippen LogP contribution < -0.4 is 0 Å². The molecule has 0 aliphatic heterocycles. The lowest BCUT2D eigenvalue weighted by Gasteiger charge is -2.16. The lowest BCUT2D eigenvalue weighted by atomic mass is 9.93. The van der Waals surface area contributed by atoms with E-state index in [9.17, 15) is 4.79 Å². The van der Waals surface area contributed by atoms with Gasteiger partial charge in [-0.1, -0.05) is 154 Å². The number of thiophene rings is 6. The zero-order valence-corrected chi connectivity index (χ0v) is 46.8. The van der Waals surface area contributed by atoms with Crippen LogP contribution in [-0.4, -0.2) is 12.6 Å². The van der Waals surface area contributed by atoms with Crippen molar-refractivity contribution in [3.05, 3.63) is 66.6 Å². The average molecular weight is 1000 g/mol. The van der Waals surface area contributed by atoms with Crippen LogP contribution in [-0.2, 0) is 28.4 Å². The molecule has 7 rings (SSSR count). The molecule has 6 aromatic heterocycles. The van der Waals surface area contributed by atoms with Crippen molar-refractivity contribution < 1.29 is 13.9 Å². The number of carbonyl (C=O) groups is 1. The number of ether oxygens (including phenoxy) is 1. The minimum absolute atomic E-state index is 0.00644. The Bertz CT molecular complexity index is 2600. The quantitative estimate of drug-likeness (QED) is 0.0633. The molecule has 3 unspecified atom stereocenters. The second-order valence-corrected chi connectivity index (χ2v) is 27.4. The van der Waals surface area contributed by atoms with Crippen molar-refractivity contribution in [1.29, 1.82) is 0 Å². The van der Waals surface area contributed by atoms with Gasteiger partial charge in [0, 0.05) is 70.8 Å². The second-order valence-electron chi connectivity index (χ2n) is 21.0. The van der Waals surface area contributed by atoms with Gasteiger partial charge in [0.2, 0.25) is 0 Å². The minimum Gasteiger partial charge on any atom is -0.461 e. The van der Waals surface area contributed by atoms with E-state index in [1.54, 1.807) is 11.3 Å². The monoisotopic (exact) mass is 1000 g/mol. The topological polar surface area (TPSA) is 26.3 Å². The number of rotatable bonds is 22. The van der Waals surface area contributed by atoms with Gasteiger partial charge in [0.05, 0.1) is 16.2 Å².